The van der Waals surface area contributed by atoms with Gasteiger partial charge in [0.05, 0.1) is 7.11 Å². The zero-order valence-corrected chi connectivity index (χ0v) is 14.8. The van der Waals surface area contributed by atoms with Crippen LogP contribution in [-0.2, 0) is 12.8 Å². The Kier molecular flexibility index (Phi) is 5.97. The van der Waals surface area contributed by atoms with E-state index in [0.717, 1.165) is 29.1 Å². The van der Waals surface area contributed by atoms with E-state index >= 15 is 0 Å². The summed E-state index contributed by atoms with van der Waals surface area (Å²) in [5, 5.41) is 0. The zero-order valence-electron chi connectivity index (χ0n) is 12.4. The molecule has 0 bridgehead atoms. The van der Waals surface area contributed by atoms with Crippen molar-refractivity contribution in [2.45, 2.75) is 23.8 Å². The SMILES string of the molecule is COc1ccc2c(c1)CC(n1c(CCN)c[nH]c1=S)CS2.Cl. The van der Waals surface area contributed by atoms with E-state index < -0.39 is 0 Å². The molecule has 0 fully saturated rings. The molecular weight excluding hydrogens is 338 g/mol. The van der Waals surface area contributed by atoms with Gasteiger partial charge in [0, 0.05) is 35.0 Å². The van der Waals surface area contributed by atoms with E-state index in [1.807, 2.05) is 24.0 Å². The second-order valence-corrected chi connectivity index (χ2v) is 6.58. The van der Waals surface area contributed by atoms with Crippen molar-refractivity contribution in [3.05, 3.63) is 40.4 Å². The highest BCUT2D eigenvalue weighted by Crippen LogP contribution is 2.37. The average molecular weight is 358 g/mol. The van der Waals surface area contributed by atoms with Crippen LogP contribution in [0.1, 0.15) is 17.3 Å². The van der Waals surface area contributed by atoms with Gasteiger partial charge in [-0.2, -0.15) is 0 Å². The summed E-state index contributed by atoms with van der Waals surface area (Å²) in [5.41, 5.74) is 8.22. The molecule has 120 valence electrons. The summed E-state index contributed by atoms with van der Waals surface area (Å²) in [7, 11) is 1.71. The molecule has 1 unspecified atom stereocenters. The van der Waals surface area contributed by atoms with Gasteiger partial charge < -0.3 is 20.0 Å². The molecule has 0 spiro atoms. The molecule has 0 radical (unpaired) electrons. The number of nitrogens with one attached hydrogen (secondary N) is 1. The standard InChI is InChI=1S/C15H19N3OS2.ClH/c1-19-13-2-3-14-10(7-13)6-12(9-21-14)18-11(4-5-16)8-17-15(18)20;/h2-3,7-8,12H,4-6,9,16H2,1H3,(H,17,20);1H. The molecule has 0 aliphatic carbocycles. The summed E-state index contributed by atoms with van der Waals surface area (Å²) in [6.07, 6.45) is 3.81. The van der Waals surface area contributed by atoms with Crippen molar-refractivity contribution in [1.29, 1.82) is 0 Å². The minimum atomic E-state index is 0. The van der Waals surface area contributed by atoms with E-state index in [9.17, 15) is 0 Å². The molecular formula is C15H20ClN3OS2. The van der Waals surface area contributed by atoms with Crippen molar-refractivity contribution >= 4 is 36.4 Å². The van der Waals surface area contributed by atoms with Crippen molar-refractivity contribution < 1.29 is 4.74 Å². The summed E-state index contributed by atoms with van der Waals surface area (Å²) in [5.74, 6) is 1.94. The summed E-state index contributed by atoms with van der Waals surface area (Å²) < 4.78 is 8.35. The maximum atomic E-state index is 5.70. The number of rotatable bonds is 4. The number of hydrogen-bond donors (Lipinski definition) is 2. The molecule has 0 saturated heterocycles. The Bertz CT molecular complexity index is 698. The highest BCUT2D eigenvalue weighted by molar-refractivity contribution is 7.99. The second-order valence-electron chi connectivity index (χ2n) is 5.14. The lowest BCUT2D eigenvalue weighted by atomic mass is 10.1. The first-order valence-electron chi connectivity index (χ1n) is 7.01. The molecule has 0 amide bonds. The topological polar surface area (TPSA) is 56.0 Å². The monoisotopic (exact) mass is 357 g/mol. The molecule has 1 aromatic carbocycles. The van der Waals surface area contributed by atoms with Gasteiger partial charge in [-0.1, -0.05) is 0 Å². The molecule has 3 rings (SSSR count). The number of methoxy groups -OCH3 is 1. The van der Waals surface area contributed by atoms with Crippen molar-refractivity contribution in [1.82, 2.24) is 9.55 Å². The fourth-order valence-corrected chi connectivity index (χ4v) is 4.26. The molecule has 0 saturated carbocycles. The smallest absolute Gasteiger partial charge is 0.177 e. The summed E-state index contributed by atoms with van der Waals surface area (Å²) in [6.45, 7) is 0.636. The van der Waals surface area contributed by atoms with Gasteiger partial charge >= 0.3 is 0 Å². The number of imidazole rings is 1. The lowest BCUT2D eigenvalue weighted by Gasteiger charge is -2.27. The van der Waals surface area contributed by atoms with Crippen LogP contribution in [-0.4, -0.2) is 29.0 Å². The van der Waals surface area contributed by atoms with E-state index in [1.165, 1.54) is 16.2 Å². The first-order valence-corrected chi connectivity index (χ1v) is 8.41. The number of thioether (sulfide) groups is 1. The van der Waals surface area contributed by atoms with Gasteiger partial charge in [-0.05, 0) is 48.9 Å². The Balaban J connectivity index is 0.00000176. The maximum Gasteiger partial charge on any atom is 0.177 e. The maximum absolute atomic E-state index is 5.70. The van der Waals surface area contributed by atoms with Crippen LogP contribution in [0, 0.1) is 4.77 Å². The predicted octanol–water partition coefficient (Wildman–Crippen LogP) is 3.37. The van der Waals surface area contributed by atoms with Crippen LogP contribution in [0.25, 0.3) is 0 Å². The average Bonchev–Trinajstić information content (AvgIpc) is 2.87. The van der Waals surface area contributed by atoms with Crippen LogP contribution in [0.5, 0.6) is 5.75 Å². The van der Waals surface area contributed by atoms with E-state index in [4.69, 9.17) is 22.7 Å². The van der Waals surface area contributed by atoms with Gasteiger partial charge in [0.1, 0.15) is 5.75 Å². The van der Waals surface area contributed by atoms with Gasteiger partial charge in [0.15, 0.2) is 4.77 Å². The highest BCUT2D eigenvalue weighted by Gasteiger charge is 2.23. The van der Waals surface area contributed by atoms with Crippen molar-refractivity contribution in [3.63, 3.8) is 0 Å². The first kappa shape index (κ1) is 17.4. The Morgan fingerprint density at radius 1 is 1.50 bits per heavy atom. The van der Waals surface area contributed by atoms with E-state index in [-0.39, 0.29) is 12.4 Å². The van der Waals surface area contributed by atoms with Crippen LogP contribution < -0.4 is 10.5 Å². The van der Waals surface area contributed by atoms with Crippen LogP contribution in [0.2, 0.25) is 0 Å². The number of aromatic amines is 1. The van der Waals surface area contributed by atoms with E-state index in [1.54, 1.807) is 7.11 Å². The summed E-state index contributed by atoms with van der Waals surface area (Å²) in [6, 6.07) is 6.67. The molecule has 22 heavy (non-hydrogen) atoms. The molecule has 1 aromatic heterocycles. The lowest BCUT2D eigenvalue weighted by molar-refractivity contribution is 0.413. The van der Waals surface area contributed by atoms with Crippen LogP contribution in [0.3, 0.4) is 0 Å². The van der Waals surface area contributed by atoms with Gasteiger partial charge in [-0.3, -0.25) is 0 Å². The summed E-state index contributed by atoms with van der Waals surface area (Å²) in [4.78, 5) is 4.50. The minimum Gasteiger partial charge on any atom is -0.497 e. The first-order chi connectivity index (χ1) is 10.2. The fraction of sp³-hybridized carbons (Fsp3) is 0.400. The Morgan fingerprint density at radius 3 is 3.05 bits per heavy atom. The largest absolute Gasteiger partial charge is 0.497 e. The third kappa shape index (κ3) is 3.35. The molecule has 2 aromatic rings. The van der Waals surface area contributed by atoms with Crippen molar-refractivity contribution in [3.8, 4) is 5.75 Å². The minimum absolute atomic E-state index is 0. The van der Waals surface area contributed by atoms with Crippen LogP contribution in [0.15, 0.2) is 29.3 Å². The number of H-pyrrole nitrogens is 1. The zero-order chi connectivity index (χ0) is 14.8. The Labute approximate surface area is 145 Å². The number of halogens is 1. The van der Waals surface area contributed by atoms with Gasteiger partial charge in [0.2, 0.25) is 0 Å². The number of fused-ring (bicyclic) bond motifs is 1. The third-order valence-electron chi connectivity index (χ3n) is 3.81. The van der Waals surface area contributed by atoms with Crippen molar-refractivity contribution in [2.24, 2.45) is 5.73 Å². The van der Waals surface area contributed by atoms with Crippen LogP contribution >= 0.6 is 36.4 Å². The number of benzene rings is 1. The lowest BCUT2D eigenvalue weighted by Crippen LogP contribution is -2.21. The number of nitrogens with two attached hydrogens (primary N) is 1. The molecule has 2 heterocycles. The number of hydrogen-bond acceptors (Lipinski definition) is 4. The number of ether oxygens (including phenoxy) is 1. The highest BCUT2D eigenvalue weighted by atomic mass is 35.5. The summed E-state index contributed by atoms with van der Waals surface area (Å²) >= 11 is 7.33. The fourth-order valence-electron chi connectivity index (χ4n) is 2.80. The molecule has 4 nitrogen and oxygen atoms in total. The van der Waals surface area contributed by atoms with E-state index in [2.05, 4.69) is 21.7 Å². The molecule has 1 atom stereocenters. The molecule has 3 N–H and O–H groups in total. The predicted molar refractivity (Wildman–Crippen MR) is 96.1 cm³/mol. The van der Waals surface area contributed by atoms with E-state index in [0.29, 0.717) is 12.6 Å². The normalized spacial score (nSPS) is 16.7. The number of nitrogens with zero attached hydrogens (tertiary/aromatic N) is 1. The quantitative estimate of drug-likeness (QED) is 0.824. The third-order valence-corrected chi connectivity index (χ3v) is 5.39. The Morgan fingerprint density at radius 2 is 2.32 bits per heavy atom. The van der Waals surface area contributed by atoms with Gasteiger partial charge in [0.25, 0.3) is 0 Å². The van der Waals surface area contributed by atoms with Crippen LogP contribution in [0.4, 0.5) is 0 Å². The Hall–Kier alpha value is -0.950. The van der Waals surface area contributed by atoms with Gasteiger partial charge in [-0.15, -0.1) is 24.2 Å². The number of aromatic nitrogens is 2. The molecule has 1 aliphatic heterocycles. The van der Waals surface area contributed by atoms with Gasteiger partial charge in [-0.25, -0.2) is 0 Å². The molecule has 1 aliphatic rings. The molecule has 7 heteroatoms. The second kappa shape index (κ2) is 7.55. The van der Waals surface area contributed by atoms with Crippen molar-refractivity contribution in [2.75, 3.05) is 19.4 Å².